The Morgan fingerprint density at radius 2 is 1.67 bits per heavy atom. The molecule has 0 bridgehead atoms. The summed E-state index contributed by atoms with van der Waals surface area (Å²) in [6.07, 6.45) is 0. The van der Waals surface area contributed by atoms with E-state index in [2.05, 4.69) is 0 Å². The van der Waals surface area contributed by atoms with Gasteiger partial charge in [0.25, 0.3) is 0 Å². The average molecular weight is 302 g/mol. The highest BCUT2D eigenvalue weighted by molar-refractivity contribution is 7.99. The van der Waals surface area contributed by atoms with Crippen molar-refractivity contribution >= 4 is 17.7 Å². The van der Waals surface area contributed by atoms with Gasteiger partial charge in [-0.2, -0.15) is 0 Å². The fraction of sp³-hybridized carbons (Fsp3) is 0.188. The summed E-state index contributed by atoms with van der Waals surface area (Å²) in [6.45, 7) is 0. The van der Waals surface area contributed by atoms with Crippen LogP contribution >= 0.6 is 11.8 Å². The second kappa shape index (κ2) is 5.69. The molecule has 1 heterocycles. The molecule has 0 N–H and O–H groups in total. The van der Waals surface area contributed by atoms with Crippen LogP contribution in [0.2, 0.25) is 0 Å². The smallest absolute Gasteiger partial charge is 0.344 e. The van der Waals surface area contributed by atoms with Crippen molar-refractivity contribution in [1.29, 1.82) is 0 Å². The number of cyclic esters (lactones) is 1. The number of benzene rings is 2. The number of rotatable bonds is 4. The summed E-state index contributed by atoms with van der Waals surface area (Å²) in [5, 5.41) is 0. The van der Waals surface area contributed by atoms with E-state index in [1.54, 1.807) is 19.2 Å². The minimum Gasteiger partial charge on any atom is -0.496 e. The Balaban J connectivity index is 2.03. The van der Waals surface area contributed by atoms with Gasteiger partial charge in [-0.25, -0.2) is 4.79 Å². The molecule has 108 valence electrons. The highest BCUT2D eigenvalue weighted by Crippen LogP contribution is 2.49. The lowest BCUT2D eigenvalue weighted by molar-refractivity contribution is 0.0519. The molecule has 0 radical (unpaired) electrons. The number of methoxy groups -OCH3 is 2. The minimum atomic E-state index is -0.431. The van der Waals surface area contributed by atoms with Crippen LogP contribution in [0.1, 0.15) is 21.4 Å². The predicted octanol–water partition coefficient (Wildman–Crippen LogP) is 3.67. The van der Waals surface area contributed by atoms with Crippen molar-refractivity contribution in [3.8, 4) is 11.5 Å². The lowest BCUT2D eigenvalue weighted by Crippen LogP contribution is -1.99. The molecule has 0 saturated carbocycles. The number of esters is 1. The summed E-state index contributed by atoms with van der Waals surface area (Å²) >= 11 is 1.47. The van der Waals surface area contributed by atoms with Gasteiger partial charge in [-0.15, -0.1) is 0 Å². The van der Waals surface area contributed by atoms with Crippen LogP contribution in [0.15, 0.2) is 47.4 Å². The highest BCUT2D eigenvalue weighted by Gasteiger charge is 2.37. The largest absolute Gasteiger partial charge is 0.496 e. The molecule has 2 aromatic rings. The fourth-order valence-electron chi connectivity index (χ4n) is 2.29. The first-order valence-electron chi connectivity index (χ1n) is 6.42. The van der Waals surface area contributed by atoms with E-state index in [-0.39, 0.29) is 5.97 Å². The van der Waals surface area contributed by atoms with E-state index in [1.807, 2.05) is 30.3 Å². The second-order valence-corrected chi connectivity index (χ2v) is 5.56. The van der Waals surface area contributed by atoms with E-state index in [9.17, 15) is 4.79 Å². The molecule has 4 nitrogen and oxygen atoms in total. The molecule has 1 aliphatic heterocycles. The summed E-state index contributed by atoms with van der Waals surface area (Å²) in [7, 11) is 3.11. The Morgan fingerprint density at radius 3 is 2.33 bits per heavy atom. The number of ether oxygens (including phenoxy) is 3. The second-order valence-electron chi connectivity index (χ2n) is 4.43. The van der Waals surface area contributed by atoms with Gasteiger partial charge in [0, 0.05) is 4.90 Å². The molecule has 2 aromatic carbocycles. The molecule has 0 aromatic heterocycles. The van der Waals surface area contributed by atoms with E-state index in [1.165, 1.54) is 18.9 Å². The van der Waals surface area contributed by atoms with Crippen molar-refractivity contribution in [2.24, 2.45) is 0 Å². The lowest BCUT2D eigenvalue weighted by Gasteiger charge is -2.13. The minimum absolute atomic E-state index is 0.380. The molecule has 0 saturated heterocycles. The van der Waals surface area contributed by atoms with Crippen molar-refractivity contribution in [2.45, 2.75) is 10.3 Å². The van der Waals surface area contributed by atoms with Crippen molar-refractivity contribution in [3.63, 3.8) is 0 Å². The molecule has 5 heteroatoms. The Hall–Kier alpha value is -2.14. The summed E-state index contributed by atoms with van der Waals surface area (Å²) in [6, 6.07) is 13.3. The van der Waals surface area contributed by atoms with Gasteiger partial charge in [0.05, 0.1) is 19.8 Å². The monoisotopic (exact) mass is 302 g/mol. The Kier molecular flexibility index (Phi) is 3.75. The maximum atomic E-state index is 12.1. The first kappa shape index (κ1) is 13.8. The van der Waals surface area contributed by atoms with Crippen molar-refractivity contribution in [3.05, 3.63) is 53.6 Å². The number of fused-ring (bicyclic) bond motifs is 1. The number of carbonyl (C=O) groups excluding carboxylic acids is 1. The van der Waals surface area contributed by atoms with Crippen molar-refractivity contribution < 1.29 is 19.0 Å². The van der Waals surface area contributed by atoms with Crippen LogP contribution in [0.5, 0.6) is 11.5 Å². The van der Waals surface area contributed by atoms with Gasteiger partial charge >= 0.3 is 5.97 Å². The Labute approximate surface area is 127 Å². The van der Waals surface area contributed by atoms with Crippen LogP contribution in [0.3, 0.4) is 0 Å². The van der Waals surface area contributed by atoms with Gasteiger partial charge < -0.3 is 14.2 Å². The zero-order valence-corrected chi connectivity index (χ0v) is 12.5. The lowest BCUT2D eigenvalue weighted by atomic mass is 10.1. The van der Waals surface area contributed by atoms with Crippen LogP contribution in [0, 0.1) is 0 Å². The third-order valence-corrected chi connectivity index (χ3v) is 4.34. The van der Waals surface area contributed by atoms with Gasteiger partial charge in [-0.1, -0.05) is 30.0 Å². The molecule has 0 amide bonds. The topological polar surface area (TPSA) is 44.8 Å². The fourth-order valence-corrected chi connectivity index (χ4v) is 3.34. The molecule has 1 atom stereocenters. The van der Waals surface area contributed by atoms with Crippen molar-refractivity contribution in [2.75, 3.05) is 14.2 Å². The Bertz CT molecular complexity index is 669. The van der Waals surface area contributed by atoms with Crippen LogP contribution in [-0.2, 0) is 4.74 Å². The summed E-state index contributed by atoms with van der Waals surface area (Å²) in [5.74, 6) is 0.756. The van der Waals surface area contributed by atoms with Gasteiger partial charge in [0.2, 0.25) is 0 Å². The molecule has 3 rings (SSSR count). The molecule has 0 spiro atoms. The zero-order chi connectivity index (χ0) is 14.8. The quantitative estimate of drug-likeness (QED) is 0.806. The average Bonchev–Trinajstić information content (AvgIpc) is 2.85. The number of hydrogen-bond acceptors (Lipinski definition) is 5. The van der Waals surface area contributed by atoms with E-state index in [0.717, 1.165) is 10.5 Å². The standard InChI is InChI=1S/C16H14O4S/c1-18-11-8-9-12(19-2)14-13(11)15(17)20-16(14)21-10-6-4-3-5-7-10/h3-9,16H,1-2H3. The van der Waals surface area contributed by atoms with Gasteiger partial charge in [-0.05, 0) is 24.3 Å². The van der Waals surface area contributed by atoms with Crippen molar-refractivity contribution in [1.82, 2.24) is 0 Å². The molecule has 1 unspecified atom stereocenters. The molecular formula is C16H14O4S. The van der Waals surface area contributed by atoms with Gasteiger partial charge in [0.15, 0.2) is 5.44 Å². The maximum Gasteiger partial charge on any atom is 0.344 e. The maximum absolute atomic E-state index is 12.1. The van der Waals surface area contributed by atoms with Crippen LogP contribution in [0.25, 0.3) is 0 Å². The molecule has 21 heavy (non-hydrogen) atoms. The number of hydrogen-bond donors (Lipinski definition) is 0. The summed E-state index contributed by atoms with van der Waals surface area (Å²) in [5.41, 5.74) is 0.751. The predicted molar refractivity (Wildman–Crippen MR) is 80.0 cm³/mol. The third kappa shape index (κ3) is 2.45. The van der Waals surface area contributed by atoms with E-state index >= 15 is 0 Å². The van der Waals surface area contributed by atoms with Crippen LogP contribution in [0.4, 0.5) is 0 Å². The van der Waals surface area contributed by atoms with Gasteiger partial charge in [-0.3, -0.25) is 0 Å². The molecule has 1 aliphatic rings. The van der Waals surface area contributed by atoms with E-state index in [4.69, 9.17) is 14.2 Å². The summed E-state index contributed by atoms with van der Waals surface area (Å²) < 4.78 is 16.1. The molecular weight excluding hydrogens is 288 g/mol. The molecule has 0 aliphatic carbocycles. The van der Waals surface area contributed by atoms with Crippen LogP contribution in [-0.4, -0.2) is 20.2 Å². The number of carbonyl (C=O) groups is 1. The van der Waals surface area contributed by atoms with E-state index in [0.29, 0.717) is 17.1 Å². The highest BCUT2D eigenvalue weighted by atomic mass is 32.2. The SMILES string of the molecule is COc1ccc(OC)c2c1C(=O)OC2Sc1ccccc1. The third-order valence-electron chi connectivity index (χ3n) is 3.25. The van der Waals surface area contributed by atoms with Gasteiger partial charge in [0.1, 0.15) is 17.1 Å². The first-order valence-corrected chi connectivity index (χ1v) is 7.30. The Morgan fingerprint density at radius 1 is 1.00 bits per heavy atom. The molecule has 0 fully saturated rings. The number of thioether (sulfide) groups is 1. The normalized spacial score (nSPS) is 16.3. The zero-order valence-electron chi connectivity index (χ0n) is 11.7. The summed E-state index contributed by atoms with van der Waals surface area (Å²) in [4.78, 5) is 13.2. The first-order chi connectivity index (χ1) is 10.2. The van der Waals surface area contributed by atoms with E-state index < -0.39 is 5.44 Å². The van der Waals surface area contributed by atoms with Crippen LogP contribution < -0.4 is 9.47 Å².